The topological polar surface area (TPSA) is 67.0 Å². The number of carbonyl (C=O) groups excluding carboxylic acids is 1. The number of amides is 1. The third kappa shape index (κ3) is 5.17. The molecule has 1 amide bonds. The predicted molar refractivity (Wildman–Crippen MR) is 99.5 cm³/mol. The van der Waals surface area contributed by atoms with Crippen molar-refractivity contribution in [3.63, 3.8) is 0 Å². The quantitative estimate of drug-likeness (QED) is 0.567. The molecule has 1 aromatic heterocycles. The second-order valence-electron chi connectivity index (χ2n) is 6.00. The van der Waals surface area contributed by atoms with Gasteiger partial charge in [0.15, 0.2) is 0 Å². The van der Waals surface area contributed by atoms with E-state index in [-0.39, 0.29) is 11.3 Å². The molecule has 2 rings (SSSR count). The number of benzene rings is 1. The molecule has 1 N–H and O–H groups in total. The van der Waals surface area contributed by atoms with Gasteiger partial charge in [-0.1, -0.05) is 6.92 Å². The van der Waals surface area contributed by atoms with Crippen molar-refractivity contribution < 1.29 is 18.3 Å². The minimum absolute atomic E-state index is 0.0117. The summed E-state index contributed by atoms with van der Waals surface area (Å²) in [6.45, 7) is 3.97. The van der Waals surface area contributed by atoms with Crippen LogP contribution in [0.25, 0.3) is 6.08 Å². The molecule has 27 heavy (non-hydrogen) atoms. The Labute approximate surface area is 156 Å². The van der Waals surface area contributed by atoms with E-state index in [0.717, 1.165) is 29.9 Å². The molecule has 1 heterocycles. The second kappa shape index (κ2) is 8.99. The largest absolute Gasteiger partial charge is 0.435 e. The van der Waals surface area contributed by atoms with Gasteiger partial charge >= 0.3 is 6.61 Å². The van der Waals surface area contributed by atoms with Gasteiger partial charge in [0.2, 0.25) is 0 Å². The van der Waals surface area contributed by atoms with E-state index in [4.69, 9.17) is 0 Å². The zero-order valence-corrected chi connectivity index (χ0v) is 15.4. The van der Waals surface area contributed by atoms with Gasteiger partial charge in [0.25, 0.3) is 5.91 Å². The van der Waals surface area contributed by atoms with Crippen molar-refractivity contribution in [3.8, 4) is 11.8 Å². The molecule has 2 aromatic rings. The van der Waals surface area contributed by atoms with Crippen LogP contribution in [0, 0.1) is 25.2 Å². The molecule has 0 aliphatic rings. The van der Waals surface area contributed by atoms with Gasteiger partial charge in [-0.15, -0.1) is 0 Å². The lowest BCUT2D eigenvalue weighted by atomic mass is 10.1. The van der Waals surface area contributed by atoms with Crippen LogP contribution in [0.5, 0.6) is 5.75 Å². The minimum atomic E-state index is -2.91. The molecule has 0 aliphatic heterocycles. The fourth-order valence-electron chi connectivity index (χ4n) is 2.76. The van der Waals surface area contributed by atoms with Crippen molar-refractivity contribution in [3.05, 3.63) is 52.9 Å². The van der Waals surface area contributed by atoms with Gasteiger partial charge in [-0.3, -0.25) is 4.79 Å². The van der Waals surface area contributed by atoms with Gasteiger partial charge in [0.05, 0.1) is 0 Å². The van der Waals surface area contributed by atoms with Crippen LogP contribution in [0.4, 0.5) is 14.5 Å². The molecule has 0 atom stereocenters. The first kappa shape index (κ1) is 20.2. The van der Waals surface area contributed by atoms with Crippen molar-refractivity contribution in [2.45, 2.75) is 40.3 Å². The summed E-state index contributed by atoms with van der Waals surface area (Å²) in [5.41, 5.74) is 3.20. The number of halogens is 2. The van der Waals surface area contributed by atoms with E-state index in [2.05, 4.69) is 21.5 Å². The number of alkyl halides is 2. The maximum atomic E-state index is 12.4. The normalized spacial score (nSPS) is 11.4. The lowest BCUT2D eigenvalue weighted by Gasteiger charge is -2.08. The van der Waals surface area contributed by atoms with E-state index in [1.165, 1.54) is 24.3 Å². The summed E-state index contributed by atoms with van der Waals surface area (Å²) < 4.78 is 30.7. The average molecular weight is 373 g/mol. The fourth-order valence-corrected chi connectivity index (χ4v) is 2.76. The van der Waals surface area contributed by atoms with Crippen LogP contribution < -0.4 is 10.1 Å². The van der Waals surface area contributed by atoms with Crippen LogP contribution in [0.1, 0.15) is 30.3 Å². The van der Waals surface area contributed by atoms with Crippen LogP contribution in [0.3, 0.4) is 0 Å². The summed E-state index contributed by atoms with van der Waals surface area (Å²) in [7, 11) is 0. The number of nitriles is 1. The van der Waals surface area contributed by atoms with Gasteiger partial charge in [0.1, 0.15) is 17.4 Å². The zero-order valence-electron chi connectivity index (χ0n) is 15.4. The van der Waals surface area contributed by atoms with Crippen LogP contribution in [0.15, 0.2) is 35.9 Å². The second-order valence-corrected chi connectivity index (χ2v) is 6.00. The first-order valence-corrected chi connectivity index (χ1v) is 8.50. The predicted octanol–water partition coefficient (Wildman–Crippen LogP) is 4.66. The average Bonchev–Trinajstić information content (AvgIpc) is 2.88. The Morgan fingerprint density at radius 2 is 2.00 bits per heavy atom. The number of carbonyl (C=O) groups is 1. The number of aromatic nitrogens is 1. The first-order chi connectivity index (χ1) is 12.8. The molecule has 0 fully saturated rings. The lowest BCUT2D eigenvalue weighted by Crippen LogP contribution is -2.13. The molecule has 0 radical (unpaired) electrons. The minimum Gasteiger partial charge on any atom is -0.435 e. The number of anilines is 1. The number of nitrogens with zero attached hydrogens (tertiary/aromatic N) is 2. The highest BCUT2D eigenvalue weighted by Gasteiger charge is 2.13. The molecule has 5 nitrogen and oxygen atoms in total. The summed E-state index contributed by atoms with van der Waals surface area (Å²) in [4.78, 5) is 12.4. The summed E-state index contributed by atoms with van der Waals surface area (Å²) in [5.74, 6) is -0.581. The number of rotatable bonds is 7. The SMILES string of the molecule is CCCn1c(C)cc(/C=C(\C#N)C(=O)Nc2ccc(OC(F)F)cc2)c1C. The number of ether oxygens (including phenoxy) is 1. The monoisotopic (exact) mass is 373 g/mol. The lowest BCUT2D eigenvalue weighted by molar-refractivity contribution is -0.112. The van der Waals surface area contributed by atoms with E-state index in [9.17, 15) is 18.8 Å². The maximum absolute atomic E-state index is 12.4. The van der Waals surface area contributed by atoms with Gasteiger partial charge < -0.3 is 14.6 Å². The Balaban J connectivity index is 2.17. The van der Waals surface area contributed by atoms with Gasteiger partial charge in [0, 0.05) is 23.6 Å². The van der Waals surface area contributed by atoms with Crippen molar-refractivity contribution in [2.75, 3.05) is 5.32 Å². The smallest absolute Gasteiger partial charge is 0.387 e. The van der Waals surface area contributed by atoms with Crippen molar-refractivity contribution in [2.24, 2.45) is 0 Å². The Morgan fingerprint density at radius 3 is 2.56 bits per heavy atom. The number of hydrogen-bond donors (Lipinski definition) is 1. The molecular weight excluding hydrogens is 352 g/mol. The number of aryl methyl sites for hydroxylation is 1. The van der Waals surface area contributed by atoms with E-state index in [1.807, 2.05) is 26.0 Å². The third-order valence-electron chi connectivity index (χ3n) is 4.06. The van der Waals surface area contributed by atoms with Crippen molar-refractivity contribution >= 4 is 17.7 Å². The molecule has 0 bridgehead atoms. The number of nitrogens with one attached hydrogen (secondary N) is 1. The Morgan fingerprint density at radius 1 is 1.33 bits per heavy atom. The summed E-state index contributed by atoms with van der Waals surface area (Å²) in [6, 6.07) is 9.34. The van der Waals surface area contributed by atoms with Gasteiger partial charge in [-0.25, -0.2) is 0 Å². The third-order valence-corrected chi connectivity index (χ3v) is 4.06. The maximum Gasteiger partial charge on any atom is 0.387 e. The molecular formula is C20H21F2N3O2. The van der Waals surface area contributed by atoms with Gasteiger partial charge in [-0.2, -0.15) is 14.0 Å². The Hall–Kier alpha value is -3.14. The van der Waals surface area contributed by atoms with E-state index < -0.39 is 12.5 Å². The van der Waals surface area contributed by atoms with Crippen LogP contribution >= 0.6 is 0 Å². The Bertz CT molecular complexity index is 878. The molecule has 7 heteroatoms. The summed E-state index contributed by atoms with van der Waals surface area (Å²) >= 11 is 0. The molecule has 0 aliphatic carbocycles. The first-order valence-electron chi connectivity index (χ1n) is 8.50. The highest BCUT2D eigenvalue weighted by molar-refractivity contribution is 6.09. The van der Waals surface area contributed by atoms with Gasteiger partial charge in [-0.05, 0) is 62.2 Å². The van der Waals surface area contributed by atoms with Crippen molar-refractivity contribution in [1.29, 1.82) is 5.26 Å². The molecule has 0 saturated heterocycles. The van der Waals surface area contributed by atoms with E-state index in [0.29, 0.717) is 5.69 Å². The number of hydrogen-bond acceptors (Lipinski definition) is 3. The van der Waals surface area contributed by atoms with E-state index in [1.54, 1.807) is 6.08 Å². The molecule has 0 spiro atoms. The summed E-state index contributed by atoms with van der Waals surface area (Å²) in [6.07, 6.45) is 2.54. The zero-order chi connectivity index (χ0) is 20.0. The van der Waals surface area contributed by atoms with E-state index >= 15 is 0 Å². The highest BCUT2D eigenvalue weighted by atomic mass is 19.3. The van der Waals surface area contributed by atoms with Crippen LogP contribution in [-0.2, 0) is 11.3 Å². The fraction of sp³-hybridized carbons (Fsp3) is 0.300. The highest BCUT2D eigenvalue weighted by Crippen LogP contribution is 2.21. The van der Waals surface area contributed by atoms with Crippen molar-refractivity contribution in [1.82, 2.24) is 4.57 Å². The molecule has 1 aromatic carbocycles. The van der Waals surface area contributed by atoms with Crippen LogP contribution in [0.2, 0.25) is 0 Å². The molecule has 0 saturated carbocycles. The molecule has 142 valence electrons. The van der Waals surface area contributed by atoms with Crippen LogP contribution in [-0.4, -0.2) is 17.1 Å². The molecule has 0 unspecified atom stereocenters. The summed E-state index contributed by atoms with van der Waals surface area (Å²) in [5, 5.41) is 11.9. The standard InChI is InChI=1S/C20H21F2N3O2/c1-4-9-25-13(2)10-15(14(25)3)11-16(12-23)19(26)24-17-5-7-18(8-6-17)27-20(21)22/h5-8,10-11,20H,4,9H2,1-3H3,(H,24,26)/b16-11+. The Kier molecular flexibility index (Phi) is 6.72.